The maximum atomic E-state index is 11.6. The summed E-state index contributed by atoms with van der Waals surface area (Å²) in [4.78, 5) is 11.6. The second kappa shape index (κ2) is 5.72. The summed E-state index contributed by atoms with van der Waals surface area (Å²) in [5.74, 6) is 1.07. The molecule has 3 rings (SSSR count). The van der Waals surface area contributed by atoms with E-state index in [1.165, 1.54) is 0 Å². The lowest BCUT2D eigenvalue weighted by Crippen LogP contribution is -2.19. The predicted molar refractivity (Wildman–Crippen MR) is 91.6 cm³/mol. The van der Waals surface area contributed by atoms with Crippen molar-refractivity contribution < 1.29 is 9.53 Å². The molecule has 1 atom stereocenters. The molecule has 2 aromatic carbocycles. The molecule has 0 bridgehead atoms. The van der Waals surface area contributed by atoms with E-state index in [1.54, 1.807) is 12.1 Å². The average molecular weight is 477 g/mol. The number of nitrogens with one attached hydrogen (secondary N) is 1. The number of carbonyl (C=O) groups is 1. The molecule has 0 aliphatic carbocycles. The molecule has 0 fully saturated rings. The van der Waals surface area contributed by atoms with Crippen LogP contribution in [-0.4, -0.2) is 5.91 Å². The first-order valence-electron chi connectivity index (χ1n) is 5.98. The summed E-state index contributed by atoms with van der Waals surface area (Å²) in [7, 11) is 0. The molecule has 2 aromatic rings. The molecule has 0 spiro atoms. The zero-order valence-electron chi connectivity index (χ0n) is 10.5. The van der Waals surface area contributed by atoms with Crippen molar-refractivity contribution in [1.82, 2.24) is 0 Å². The number of amides is 1. The Morgan fingerprint density at radius 2 is 1.76 bits per heavy atom. The van der Waals surface area contributed by atoms with E-state index < -0.39 is 6.04 Å². The molecule has 0 saturated carbocycles. The van der Waals surface area contributed by atoms with Crippen LogP contribution in [-0.2, 0) is 4.79 Å². The fraction of sp³-hybridized carbons (Fsp3) is 0.0714. The Morgan fingerprint density at radius 3 is 2.48 bits per heavy atom. The number of rotatable bonds is 2. The standard InChI is InChI=1S/C14H9Br3N2O2/c15-6-1-2-11(8(16)3-6)21-12-5-10-7(4-9(12)17)13(18)14(20)19-10/h1-5,13H,18H2,(H,19,20). The number of halogens is 3. The molecule has 7 heteroatoms. The van der Waals surface area contributed by atoms with E-state index >= 15 is 0 Å². The summed E-state index contributed by atoms with van der Waals surface area (Å²) in [5.41, 5.74) is 7.25. The molecule has 1 aliphatic heterocycles. The first-order chi connectivity index (χ1) is 9.95. The highest BCUT2D eigenvalue weighted by Gasteiger charge is 2.28. The zero-order valence-corrected chi connectivity index (χ0v) is 15.2. The van der Waals surface area contributed by atoms with Crippen molar-refractivity contribution in [3.05, 3.63) is 49.3 Å². The number of anilines is 1. The minimum absolute atomic E-state index is 0.209. The van der Waals surface area contributed by atoms with Crippen LogP contribution in [0.25, 0.3) is 0 Å². The fourth-order valence-corrected chi connectivity index (χ4v) is 3.61. The Morgan fingerprint density at radius 1 is 1.05 bits per heavy atom. The Labute approximate surface area is 146 Å². The summed E-state index contributed by atoms with van der Waals surface area (Å²) in [5, 5.41) is 2.74. The van der Waals surface area contributed by atoms with Crippen molar-refractivity contribution >= 4 is 59.4 Å². The van der Waals surface area contributed by atoms with Crippen LogP contribution in [0, 0.1) is 0 Å². The number of hydrogen-bond donors (Lipinski definition) is 2. The highest BCUT2D eigenvalue weighted by atomic mass is 79.9. The zero-order chi connectivity index (χ0) is 15.1. The van der Waals surface area contributed by atoms with Crippen LogP contribution in [0.3, 0.4) is 0 Å². The van der Waals surface area contributed by atoms with Gasteiger partial charge in [0.25, 0.3) is 0 Å². The van der Waals surface area contributed by atoms with Crippen molar-refractivity contribution in [2.45, 2.75) is 6.04 Å². The number of benzene rings is 2. The van der Waals surface area contributed by atoms with Gasteiger partial charge in [-0.15, -0.1) is 0 Å². The van der Waals surface area contributed by atoms with Crippen LogP contribution in [0.4, 0.5) is 5.69 Å². The van der Waals surface area contributed by atoms with Crippen molar-refractivity contribution in [3.8, 4) is 11.5 Å². The van der Waals surface area contributed by atoms with Crippen molar-refractivity contribution in [2.75, 3.05) is 5.32 Å². The van der Waals surface area contributed by atoms with Gasteiger partial charge in [0.2, 0.25) is 5.91 Å². The third-order valence-corrected chi connectivity index (χ3v) is 4.83. The quantitative estimate of drug-likeness (QED) is 0.659. The summed E-state index contributed by atoms with van der Waals surface area (Å²) in [6.07, 6.45) is 0. The van der Waals surface area contributed by atoms with E-state index in [0.717, 1.165) is 19.0 Å². The van der Waals surface area contributed by atoms with Gasteiger partial charge >= 0.3 is 0 Å². The van der Waals surface area contributed by atoms with Crippen LogP contribution in [0.1, 0.15) is 11.6 Å². The minimum Gasteiger partial charge on any atom is -0.455 e. The normalized spacial score (nSPS) is 16.6. The smallest absolute Gasteiger partial charge is 0.245 e. The molecular weight excluding hydrogens is 468 g/mol. The van der Waals surface area contributed by atoms with Crippen LogP contribution in [0.5, 0.6) is 11.5 Å². The number of ether oxygens (including phenoxy) is 1. The maximum absolute atomic E-state index is 11.6. The first kappa shape index (κ1) is 15.0. The Kier molecular flexibility index (Phi) is 4.09. The largest absolute Gasteiger partial charge is 0.455 e. The van der Waals surface area contributed by atoms with Crippen molar-refractivity contribution in [2.24, 2.45) is 5.73 Å². The monoisotopic (exact) mass is 474 g/mol. The molecule has 1 unspecified atom stereocenters. The van der Waals surface area contributed by atoms with Crippen molar-refractivity contribution in [3.63, 3.8) is 0 Å². The number of carbonyl (C=O) groups excluding carboxylic acids is 1. The molecule has 21 heavy (non-hydrogen) atoms. The number of nitrogens with two attached hydrogens (primary N) is 1. The molecule has 1 amide bonds. The molecule has 1 aliphatic rings. The van der Waals surface area contributed by atoms with E-state index in [-0.39, 0.29) is 5.91 Å². The molecule has 0 radical (unpaired) electrons. The van der Waals surface area contributed by atoms with Gasteiger partial charge in [-0.25, -0.2) is 0 Å². The molecule has 108 valence electrons. The second-order valence-corrected chi connectivity index (χ2v) is 7.14. The topological polar surface area (TPSA) is 64.4 Å². The van der Waals surface area contributed by atoms with Gasteiger partial charge in [0.15, 0.2) is 0 Å². The van der Waals surface area contributed by atoms with Gasteiger partial charge in [-0.2, -0.15) is 0 Å². The fourth-order valence-electron chi connectivity index (χ4n) is 2.04. The van der Waals surface area contributed by atoms with Crippen molar-refractivity contribution in [1.29, 1.82) is 0 Å². The van der Waals surface area contributed by atoms with E-state index in [0.29, 0.717) is 17.2 Å². The summed E-state index contributed by atoms with van der Waals surface area (Å²) >= 11 is 10.3. The summed E-state index contributed by atoms with van der Waals surface area (Å²) in [6, 6.07) is 8.56. The highest BCUT2D eigenvalue weighted by Crippen LogP contribution is 2.41. The molecule has 0 saturated heterocycles. The Bertz CT molecular complexity index is 749. The lowest BCUT2D eigenvalue weighted by atomic mass is 10.1. The van der Waals surface area contributed by atoms with E-state index in [1.807, 2.05) is 18.2 Å². The van der Waals surface area contributed by atoms with Gasteiger partial charge in [-0.05, 0) is 56.1 Å². The third-order valence-electron chi connectivity index (χ3n) is 3.09. The molecule has 4 nitrogen and oxygen atoms in total. The third kappa shape index (κ3) is 2.88. The summed E-state index contributed by atoms with van der Waals surface area (Å²) in [6.45, 7) is 0. The lowest BCUT2D eigenvalue weighted by molar-refractivity contribution is -0.116. The number of hydrogen-bond acceptors (Lipinski definition) is 3. The molecule has 3 N–H and O–H groups in total. The van der Waals surface area contributed by atoms with Gasteiger partial charge in [0.1, 0.15) is 17.5 Å². The van der Waals surface area contributed by atoms with Gasteiger partial charge < -0.3 is 15.8 Å². The van der Waals surface area contributed by atoms with Crippen LogP contribution < -0.4 is 15.8 Å². The van der Waals surface area contributed by atoms with E-state index in [9.17, 15) is 4.79 Å². The first-order valence-corrected chi connectivity index (χ1v) is 8.36. The second-order valence-electron chi connectivity index (χ2n) is 4.51. The Balaban J connectivity index is 1.97. The Hall–Kier alpha value is -0.890. The molecule has 1 heterocycles. The van der Waals surface area contributed by atoms with E-state index in [4.69, 9.17) is 10.5 Å². The molecule has 0 aromatic heterocycles. The van der Waals surface area contributed by atoms with Crippen LogP contribution in [0.2, 0.25) is 0 Å². The number of fused-ring (bicyclic) bond motifs is 1. The predicted octanol–water partition coefficient (Wildman–Crippen LogP) is 4.72. The van der Waals surface area contributed by atoms with Crippen LogP contribution >= 0.6 is 47.8 Å². The molecular formula is C14H9Br3N2O2. The van der Waals surface area contributed by atoms with Gasteiger partial charge in [0.05, 0.1) is 8.95 Å². The van der Waals surface area contributed by atoms with Gasteiger partial charge in [0, 0.05) is 21.8 Å². The summed E-state index contributed by atoms with van der Waals surface area (Å²) < 4.78 is 8.40. The van der Waals surface area contributed by atoms with Gasteiger partial charge in [-0.1, -0.05) is 15.9 Å². The lowest BCUT2D eigenvalue weighted by Gasteiger charge is -2.12. The minimum atomic E-state index is -0.634. The van der Waals surface area contributed by atoms with Crippen LogP contribution in [0.15, 0.2) is 43.7 Å². The van der Waals surface area contributed by atoms with Gasteiger partial charge in [-0.3, -0.25) is 4.79 Å². The SMILES string of the molecule is NC1C(=O)Nc2cc(Oc3ccc(Br)cc3Br)c(Br)cc21. The maximum Gasteiger partial charge on any atom is 0.245 e. The average Bonchev–Trinajstić information content (AvgIpc) is 2.69. The van der Waals surface area contributed by atoms with E-state index in [2.05, 4.69) is 53.1 Å². The highest BCUT2D eigenvalue weighted by molar-refractivity contribution is 9.11.